The molecule has 26 heavy (non-hydrogen) atoms. The molecule has 2 fully saturated rings. The van der Waals surface area contributed by atoms with Gasteiger partial charge < -0.3 is 5.32 Å². The first-order valence-corrected chi connectivity index (χ1v) is 10.2. The quantitative estimate of drug-likeness (QED) is 0.873. The summed E-state index contributed by atoms with van der Waals surface area (Å²) in [6, 6.07) is 2.23. The zero-order valence-electron chi connectivity index (χ0n) is 14.7. The third-order valence-corrected chi connectivity index (χ3v) is 5.96. The van der Waals surface area contributed by atoms with E-state index in [0.717, 1.165) is 31.6 Å². The maximum Gasteiger partial charge on any atom is 0.231 e. The van der Waals surface area contributed by atoms with Crippen LogP contribution in [0.25, 0.3) is 0 Å². The Morgan fingerprint density at radius 3 is 2.88 bits per heavy atom. The van der Waals surface area contributed by atoms with E-state index in [4.69, 9.17) is 0 Å². The van der Waals surface area contributed by atoms with Crippen LogP contribution in [0.1, 0.15) is 56.7 Å². The molecule has 0 aromatic carbocycles. The predicted octanol–water partition coefficient (Wildman–Crippen LogP) is 3.15. The van der Waals surface area contributed by atoms with Crippen molar-refractivity contribution in [3.05, 3.63) is 23.3 Å². The Balaban J connectivity index is 1.38. The molecule has 1 saturated heterocycles. The van der Waals surface area contributed by atoms with Crippen LogP contribution >= 0.6 is 11.3 Å². The third-order valence-electron chi connectivity index (χ3n) is 5.04. The number of amides is 2. The van der Waals surface area contributed by atoms with E-state index in [9.17, 15) is 9.59 Å². The molecule has 8 heteroatoms. The van der Waals surface area contributed by atoms with Crippen LogP contribution in [0.3, 0.4) is 0 Å². The molecule has 0 unspecified atom stereocenters. The summed E-state index contributed by atoms with van der Waals surface area (Å²) in [6.45, 7) is 0.721. The van der Waals surface area contributed by atoms with Crippen LogP contribution in [0, 0.1) is 0 Å². The summed E-state index contributed by atoms with van der Waals surface area (Å²) >= 11 is 1.42. The van der Waals surface area contributed by atoms with Gasteiger partial charge in [-0.1, -0.05) is 19.3 Å². The van der Waals surface area contributed by atoms with Crippen LogP contribution in [-0.4, -0.2) is 33.1 Å². The van der Waals surface area contributed by atoms with Gasteiger partial charge in [-0.15, -0.1) is 11.3 Å². The van der Waals surface area contributed by atoms with Crippen molar-refractivity contribution < 1.29 is 9.59 Å². The molecule has 2 aromatic rings. The van der Waals surface area contributed by atoms with Crippen molar-refractivity contribution in [1.82, 2.24) is 14.8 Å². The summed E-state index contributed by atoms with van der Waals surface area (Å²) < 4.78 is 1.95. The van der Waals surface area contributed by atoms with Crippen molar-refractivity contribution in [2.45, 2.75) is 57.4 Å². The molecular weight excluding hydrogens is 350 g/mol. The predicted molar refractivity (Wildman–Crippen MR) is 100 cm³/mol. The molecule has 1 N–H and O–H groups in total. The molecule has 1 aliphatic carbocycles. The second kappa shape index (κ2) is 7.57. The van der Waals surface area contributed by atoms with E-state index in [-0.39, 0.29) is 18.2 Å². The lowest BCUT2D eigenvalue weighted by Crippen LogP contribution is -2.24. The zero-order valence-corrected chi connectivity index (χ0v) is 15.5. The highest BCUT2D eigenvalue weighted by Crippen LogP contribution is 2.30. The first-order chi connectivity index (χ1) is 12.7. The number of hydrogen-bond donors (Lipinski definition) is 1. The summed E-state index contributed by atoms with van der Waals surface area (Å²) in [4.78, 5) is 30.4. The van der Waals surface area contributed by atoms with Gasteiger partial charge in [0, 0.05) is 24.4 Å². The lowest BCUT2D eigenvalue weighted by Gasteiger charge is -2.23. The lowest BCUT2D eigenvalue weighted by molar-refractivity contribution is -0.117. The molecule has 2 amide bonds. The van der Waals surface area contributed by atoms with Gasteiger partial charge in [0.2, 0.25) is 11.8 Å². The number of nitrogens with zero attached hydrogens (tertiary/aromatic N) is 4. The fourth-order valence-corrected chi connectivity index (χ4v) is 4.60. The first kappa shape index (κ1) is 17.2. The highest BCUT2D eigenvalue weighted by atomic mass is 32.1. The van der Waals surface area contributed by atoms with Crippen LogP contribution in [0.15, 0.2) is 17.6 Å². The molecule has 138 valence electrons. The highest BCUT2D eigenvalue weighted by Gasteiger charge is 2.24. The minimum atomic E-state index is -0.104. The highest BCUT2D eigenvalue weighted by molar-refractivity contribution is 7.14. The summed E-state index contributed by atoms with van der Waals surface area (Å²) in [5, 5.41) is 9.94. The number of hydrogen-bond acceptors (Lipinski definition) is 5. The van der Waals surface area contributed by atoms with Gasteiger partial charge in [-0.25, -0.2) is 9.67 Å². The Morgan fingerprint density at radius 1 is 1.27 bits per heavy atom. The average molecular weight is 373 g/mol. The molecule has 1 aliphatic heterocycles. The number of aromatic nitrogens is 3. The molecule has 3 heterocycles. The van der Waals surface area contributed by atoms with Gasteiger partial charge in [-0.3, -0.25) is 14.5 Å². The Hall–Kier alpha value is -2.22. The number of nitrogens with one attached hydrogen (secondary N) is 1. The summed E-state index contributed by atoms with van der Waals surface area (Å²) in [5.41, 5.74) is 0.700. The minimum absolute atomic E-state index is 0.104. The van der Waals surface area contributed by atoms with E-state index in [1.807, 2.05) is 16.1 Å². The van der Waals surface area contributed by atoms with E-state index in [1.54, 1.807) is 11.1 Å². The average Bonchev–Trinajstić information content (AvgIpc) is 3.37. The monoisotopic (exact) mass is 373 g/mol. The van der Waals surface area contributed by atoms with Crippen molar-refractivity contribution in [2.75, 3.05) is 16.8 Å². The van der Waals surface area contributed by atoms with Gasteiger partial charge in [0.15, 0.2) is 5.13 Å². The van der Waals surface area contributed by atoms with Crippen LogP contribution in [0.2, 0.25) is 0 Å². The second-order valence-electron chi connectivity index (χ2n) is 6.95. The molecule has 7 nitrogen and oxygen atoms in total. The molecule has 0 bridgehead atoms. The molecule has 2 aliphatic rings. The van der Waals surface area contributed by atoms with E-state index in [0.29, 0.717) is 23.3 Å². The summed E-state index contributed by atoms with van der Waals surface area (Å²) in [7, 11) is 0. The van der Waals surface area contributed by atoms with Crippen molar-refractivity contribution in [3.8, 4) is 0 Å². The van der Waals surface area contributed by atoms with Crippen LogP contribution in [0.4, 0.5) is 10.9 Å². The Kier molecular flexibility index (Phi) is 5.01. The van der Waals surface area contributed by atoms with Gasteiger partial charge in [-0.05, 0) is 19.3 Å². The maximum atomic E-state index is 12.4. The zero-order chi connectivity index (χ0) is 17.9. The van der Waals surface area contributed by atoms with Gasteiger partial charge in [0.05, 0.1) is 24.4 Å². The minimum Gasteiger partial charge on any atom is -0.311 e. The van der Waals surface area contributed by atoms with Gasteiger partial charge in [0.1, 0.15) is 5.82 Å². The Bertz CT molecular complexity index is 793. The van der Waals surface area contributed by atoms with E-state index >= 15 is 0 Å². The molecule has 0 spiro atoms. The Morgan fingerprint density at radius 2 is 2.12 bits per heavy atom. The summed E-state index contributed by atoms with van der Waals surface area (Å²) in [5.74, 6) is 0.769. The largest absolute Gasteiger partial charge is 0.311 e. The lowest BCUT2D eigenvalue weighted by atomic mass is 9.96. The summed E-state index contributed by atoms with van der Waals surface area (Å²) in [6.07, 6.45) is 9.35. The van der Waals surface area contributed by atoms with E-state index in [2.05, 4.69) is 15.4 Å². The topological polar surface area (TPSA) is 80.1 Å². The van der Waals surface area contributed by atoms with Crippen LogP contribution in [0.5, 0.6) is 0 Å². The molecule has 0 radical (unpaired) electrons. The van der Waals surface area contributed by atoms with Crippen LogP contribution < -0.4 is 10.2 Å². The molecule has 0 atom stereocenters. The van der Waals surface area contributed by atoms with Gasteiger partial charge >= 0.3 is 0 Å². The number of carbonyl (C=O) groups excluding carboxylic acids is 2. The van der Waals surface area contributed by atoms with Gasteiger partial charge in [-0.2, -0.15) is 5.10 Å². The standard InChI is InChI=1S/C18H23N5O2S/c24-16(11-13-12-26-18(20-13)22-10-4-7-17(22)25)21-15-8-9-19-23(15)14-5-2-1-3-6-14/h8-9,12,14H,1-7,10-11H2,(H,21,24). The smallest absolute Gasteiger partial charge is 0.231 e. The second-order valence-corrected chi connectivity index (χ2v) is 7.78. The van der Waals surface area contributed by atoms with Crippen LogP contribution in [-0.2, 0) is 16.0 Å². The number of carbonyl (C=O) groups is 2. The molecular formula is C18H23N5O2S. The number of rotatable bonds is 5. The number of anilines is 2. The number of thiazole rings is 1. The fourth-order valence-electron chi connectivity index (χ4n) is 3.73. The molecule has 4 rings (SSSR count). The SMILES string of the molecule is O=C(Cc1csc(N2CCCC2=O)n1)Nc1ccnn1C1CCCCC1. The van der Waals surface area contributed by atoms with E-state index in [1.165, 1.54) is 30.6 Å². The first-order valence-electron chi connectivity index (χ1n) is 9.29. The van der Waals surface area contributed by atoms with Crippen molar-refractivity contribution in [2.24, 2.45) is 0 Å². The van der Waals surface area contributed by atoms with Crippen molar-refractivity contribution in [1.29, 1.82) is 0 Å². The Labute approximate surface area is 156 Å². The molecule has 1 saturated carbocycles. The van der Waals surface area contributed by atoms with Crippen molar-refractivity contribution in [3.63, 3.8) is 0 Å². The van der Waals surface area contributed by atoms with E-state index < -0.39 is 0 Å². The fraction of sp³-hybridized carbons (Fsp3) is 0.556. The maximum absolute atomic E-state index is 12.4. The third kappa shape index (κ3) is 3.65. The van der Waals surface area contributed by atoms with Crippen molar-refractivity contribution >= 4 is 34.1 Å². The normalized spacial score (nSPS) is 18.5. The van der Waals surface area contributed by atoms with Gasteiger partial charge in [0.25, 0.3) is 0 Å². The molecule has 2 aromatic heterocycles.